The number of anilines is 3. The summed E-state index contributed by atoms with van der Waals surface area (Å²) in [6.45, 7) is 0. The van der Waals surface area contributed by atoms with Gasteiger partial charge in [-0.3, -0.25) is 0 Å². The standard InChI is InChI=1S/C18H21N3O3/c1-23-15-9-10-17(24-2)16(11-15)19-12-3-5-13(6-4-12)20-18(22)21-14-7-8-14/h3-6,9-11,14,19H,7-8H2,1-2H3,(H2,20,21,22). The van der Waals surface area contributed by atoms with E-state index in [2.05, 4.69) is 16.0 Å². The van der Waals surface area contributed by atoms with Crippen LogP contribution in [0.5, 0.6) is 11.5 Å². The molecule has 126 valence electrons. The highest BCUT2D eigenvalue weighted by Crippen LogP contribution is 2.31. The van der Waals surface area contributed by atoms with Crippen LogP contribution >= 0.6 is 0 Å². The van der Waals surface area contributed by atoms with Crippen LogP contribution in [0.2, 0.25) is 0 Å². The van der Waals surface area contributed by atoms with Gasteiger partial charge in [-0.15, -0.1) is 0 Å². The second kappa shape index (κ2) is 7.12. The van der Waals surface area contributed by atoms with E-state index >= 15 is 0 Å². The van der Waals surface area contributed by atoms with E-state index in [-0.39, 0.29) is 6.03 Å². The minimum atomic E-state index is -0.160. The fraction of sp³-hybridized carbons (Fsp3) is 0.278. The summed E-state index contributed by atoms with van der Waals surface area (Å²) in [7, 11) is 3.25. The van der Waals surface area contributed by atoms with Gasteiger partial charge in [0, 0.05) is 23.5 Å². The number of ether oxygens (including phenoxy) is 2. The van der Waals surface area contributed by atoms with Crippen LogP contribution in [-0.2, 0) is 0 Å². The maximum atomic E-state index is 11.7. The summed E-state index contributed by atoms with van der Waals surface area (Å²) in [6.07, 6.45) is 2.14. The normalized spacial score (nSPS) is 13.1. The van der Waals surface area contributed by atoms with Crippen molar-refractivity contribution in [2.75, 3.05) is 24.9 Å². The Bertz CT molecular complexity index is 712. The van der Waals surface area contributed by atoms with Crippen molar-refractivity contribution < 1.29 is 14.3 Å². The highest BCUT2D eigenvalue weighted by atomic mass is 16.5. The van der Waals surface area contributed by atoms with Crippen molar-refractivity contribution in [3.63, 3.8) is 0 Å². The van der Waals surface area contributed by atoms with E-state index < -0.39 is 0 Å². The summed E-state index contributed by atoms with van der Waals surface area (Å²) >= 11 is 0. The molecular formula is C18H21N3O3. The highest BCUT2D eigenvalue weighted by molar-refractivity contribution is 5.89. The predicted molar refractivity (Wildman–Crippen MR) is 94.4 cm³/mol. The molecule has 1 saturated carbocycles. The Balaban J connectivity index is 1.66. The van der Waals surface area contributed by atoms with Gasteiger partial charge in [-0.25, -0.2) is 4.79 Å². The van der Waals surface area contributed by atoms with E-state index in [4.69, 9.17) is 9.47 Å². The zero-order valence-electron chi connectivity index (χ0n) is 13.8. The molecule has 3 N–H and O–H groups in total. The van der Waals surface area contributed by atoms with Crippen molar-refractivity contribution in [3.8, 4) is 11.5 Å². The average Bonchev–Trinajstić information content (AvgIpc) is 3.40. The number of amides is 2. The molecule has 6 nitrogen and oxygen atoms in total. The molecule has 0 aliphatic heterocycles. The molecule has 2 aromatic carbocycles. The third kappa shape index (κ3) is 4.10. The second-order valence-electron chi connectivity index (χ2n) is 5.64. The molecule has 0 bridgehead atoms. The van der Waals surface area contributed by atoms with Gasteiger partial charge >= 0.3 is 6.03 Å². The molecule has 1 aliphatic rings. The summed E-state index contributed by atoms with van der Waals surface area (Å²) < 4.78 is 10.6. The van der Waals surface area contributed by atoms with Crippen LogP contribution in [0.25, 0.3) is 0 Å². The second-order valence-corrected chi connectivity index (χ2v) is 5.64. The Morgan fingerprint density at radius 1 is 1.00 bits per heavy atom. The molecular weight excluding hydrogens is 306 g/mol. The van der Waals surface area contributed by atoms with Crippen molar-refractivity contribution in [1.82, 2.24) is 5.32 Å². The van der Waals surface area contributed by atoms with E-state index in [0.29, 0.717) is 6.04 Å². The molecule has 1 fully saturated rings. The van der Waals surface area contributed by atoms with Gasteiger partial charge in [-0.2, -0.15) is 0 Å². The molecule has 1 aliphatic carbocycles. The minimum Gasteiger partial charge on any atom is -0.497 e. The predicted octanol–water partition coefficient (Wildman–Crippen LogP) is 3.73. The van der Waals surface area contributed by atoms with Crippen molar-refractivity contribution in [3.05, 3.63) is 42.5 Å². The Labute approximate surface area is 141 Å². The molecule has 0 unspecified atom stereocenters. The number of methoxy groups -OCH3 is 2. The number of carbonyl (C=O) groups excluding carboxylic acids is 1. The van der Waals surface area contributed by atoms with E-state index in [9.17, 15) is 4.79 Å². The molecule has 0 spiro atoms. The number of hydrogen-bond acceptors (Lipinski definition) is 4. The molecule has 0 saturated heterocycles. The molecule has 0 radical (unpaired) electrons. The van der Waals surface area contributed by atoms with Crippen molar-refractivity contribution >= 4 is 23.1 Å². The first kappa shape index (κ1) is 16.0. The Morgan fingerprint density at radius 3 is 2.33 bits per heavy atom. The fourth-order valence-corrected chi connectivity index (χ4v) is 2.28. The third-order valence-electron chi connectivity index (χ3n) is 3.74. The molecule has 2 aromatic rings. The molecule has 0 heterocycles. The van der Waals surface area contributed by atoms with Crippen molar-refractivity contribution in [2.45, 2.75) is 18.9 Å². The lowest BCUT2D eigenvalue weighted by atomic mass is 10.2. The Kier molecular flexibility index (Phi) is 4.74. The SMILES string of the molecule is COc1ccc(OC)c(Nc2ccc(NC(=O)NC3CC3)cc2)c1. The molecule has 2 amide bonds. The molecule has 0 aromatic heterocycles. The monoisotopic (exact) mass is 327 g/mol. The quantitative estimate of drug-likeness (QED) is 0.756. The summed E-state index contributed by atoms with van der Waals surface area (Å²) in [5.41, 5.74) is 2.44. The average molecular weight is 327 g/mol. The Morgan fingerprint density at radius 2 is 1.71 bits per heavy atom. The summed E-state index contributed by atoms with van der Waals surface area (Å²) in [4.78, 5) is 11.7. The van der Waals surface area contributed by atoms with Crippen LogP contribution in [-0.4, -0.2) is 26.3 Å². The maximum absolute atomic E-state index is 11.7. The topological polar surface area (TPSA) is 71.6 Å². The minimum absolute atomic E-state index is 0.160. The van der Waals surface area contributed by atoms with E-state index in [1.165, 1.54) is 0 Å². The number of nitrogens with one attached hydrogen (secondary N) is 3. The number of hydrogen-bond donors (Lipinski definition) is 3. The molecule has 24 heavy (non-hydrogen) atoms. The van der Waals surface area contributed by atoms with E-state index in [1.54, 1.807) is 14.2 Å². The molecule has 6 heteroatoms. The highest BCUT2D eigenvalue weighted by Gasteiger charge is 2.23. The lowest BCUT2D eigenvalue weighted by Crippen LogP contribution is -2.30. The lowest BCUT2D eigenvalue weighted by molar-refractivity contribution is 0.251. The van der Waals surface area contributed by atoms with Crippen LogP contribution in [0.15, 0.2) is 42.5 Å². The lowest BCUT2D eigenvalue weighted by Gasteiger charge is -2.13. The van der Waals surface area contributed by atoms with Crippen LogP contribution in [0.4, 0.5) is 21.9 Å². The van der Waals surface area contributed by atoms with E-state index in [1.807, 2.05) is 42.5 Å². The van der Waals surface area contributed by atoms with Gasteiger partial charge in [0.15, 0.2) is 0 Å². The number of urea groups is 1. The van der Waals surface area contributed by atoms with Gasteiger partial charge in [-0.05, 0) is 49.2 Å². The summed E-state index contributed by atoms with van der Waals surface area (Å²) in [5, 5.41) is 9.00. The third-order valence-corrected chi connectivity index (χ3v) is 3.74. The van der Waals surface area contributed by atoms with Gasteiger partial charge in [0.2, 0.25) is 0 Å². The van der Waals surface area contributed by atoms with Crippen molar-refractivity contribution in [2.24, 2.45) is 0 Å². The largest absolute Gasteiger partial charge is 0.497 e. The zero-order chi connectivity index (χ0) is 16.9. The molecule has 3 rings (SSSR count). The maximum Gasteiger partial charge on any atom is 0.319 e. The van der Waals surface area contributed by atoms with Crippen LogP contribution in [0.1, 0.15) is 12.8 Å². The van der Waals surface area contributed by atoms with Crippen LogP contribution in [0.3, 0.4) is 0 Å². The number of rotatable bonds is 6. The van der Waals surface area contributed by atoms with Gasteiger partial charge < -0.3 is 25.4 Å². The first-order valence-electron chi connectivity index (χ1n) is 7.84. The van der Waals surface area contributed by atoms with Crippen LogP contribution < -0.4 is 25.4 Å². The number of carbonyl (C=O) groups is 1. The molecule has 0 atom stereocenters. The Hall–Kier alpha value is -2.89. The van der Waals surface area contributed by atoms with Crippen molar-refractivity contribution in [1.29, 1.82) is 0 Å². The zero-order valence-corrected chi connectivity index (χ0v) is 13.8. The van der Waals surface area contributed by atoms with E-state index in [0.717, 1.165) is 41.4 Å². The summed E-state index contributed by atoms with van der Waals surface area (Å²) in [6, 6.07) is 13.2. The van der Waals surface area contributed by atoms with Gasteiger partial charge in [0.25, 0.3) is 0 Å². The van der Waals surface area contributed by atoms with Crippen LogP contribution in [0, 0.1) is 0 Å². The van der Waals surface area contributed by atoms with Gasteiger partial charge in [-0.1, -0.05) is 0 Å². The van der Waals surface area contributed by atoms with Gasteiger partial charge in [0.05, 0.1) is 19.9 Å². The first-order valence-corrected chi connectivity index (χ1v) is 7.84. The summed E-state index contributed by atoms with van der Waals surface area (Å²) in [5.74, 6) is 1.47. The smallest absolute Gasteiger partial charge is 0.319 e. The van der Waals surface area contributed by atoms with Gasteiger partial charge in [0.1, 0.15) is 11.5 Å². The number of benzene rings is 2. The first-order chi connectivity index (χ1) is 11.7. The fourth-order valence-electron chi connectivity index (χ4n) is 2.28.